The van der Waals surface area contributed by atoms with Gasteiger partial charge >= 0.3 is 12.1 Å². The van der Waals surface area contributed by atoms with Crippen molar-refractivity contribution >= 4 is 23.8 Å². The molecule has 182 valence electrons. The van der Waals surface area contributed by atoms with Crippen LogP contribution in [-0.4, -0.2) is 58.7 Å². The Hall–Kier alpha value is -4.18. The van der Waals surface area contributed by atoms with Crippen molar-refractivity contribution in [1.29, 1.82) is 0 Å². The van der Waals surface area contributed by atoms with E-state index in [4.69, 9.17) is 9.47 Å². The Morgan fingerprint density at radius 3 is 2.26 bits per heavy atom. The number of carboxylic acids is 1. The number of amides is 2. The number of anilines is 1. The van der Waals surface area contributed by atoms with E-state index in [2.05, 4.69) is 27.9 Å². The first kappa shape index (κ1) is 24.0. The Morgan fingerprint density at radius 1 is 1.09 bits per heavy atom. The Labute approximate surface area is 201 Å². The van der Waals surface area contributed by atoms with Crippen LogP contribution in [0.15, 0.2) is 54.6 Å². The number of nitrogens with zero attached hydrogens (tertiary/aromatic N) is 2. The summed E-state index contributed by atoms with van der Waals surface area (Å²) in [5, 5.41) is 18.3. The Morgan fingerprint density at radius 2 is 1.69 bits per heavy atom. The van der Waals surface area contributed by atoms with Crippen LogP contribution in [0.5, 0.6) is 0 Å². The molecule has 0 unspecified atom stereocenters. The molecule has 0 spiro atoms. The van der Waals surface area contributed by atoms with Crippen LogP contribution >= 0.6 is 0 Å². The van der Waals surface area contributed by atoms with Gasteiger partial charge < -0.3 is 19.9 Å². The van der Waals surface area contributed by atoms with Crippen LogP contribution in [0.2, 0.25) is 0 Å². The lowest BCUT2D eigenvalue weighted by atomic mass is 9.98. The average molecular weight is 479 g/mol. The summed E-state index contributed by atoms with van der Waals surface area (Å²) in [5.41, 5.74) is 4.39. The Bertz CT molecular complexity index is 1220. The fraction of sp³-hybridized carbons (Fsp3) is 0.280. The molecule has 0 radical (unpaired) electrons. The lowest BCUT2D eigenvalue weighted by Crippen LogP contribution is -2.48. The summed E-state index contributed by atoms with van der Waals surface area (Å²) in [6.07, 6.45) is -1.45. The van der Waals surface area contributed by atoms with E-state index in [0.29, 0.717) is 0 Å². The maximum Gasteiger partial charge on any atom is 0.412 e. The van der Waals surface area contributed by atoms with Crippen LogP contribution in [0.3, 0.4) is 0 Å². The third-order valence-corrected chi connectivity index (χ3v) is 6.08. The molecule has 0 bridgehead atoms. The van der Waals surface area contributed by atoms with Gasteiger partial charge in [0, 0.05) is 26.1 Å². The topological polar surface area (TPSA) is 132 Å². The first-order valence-corrected chi connectivity index (χ1v) is 11.0. The highest BCUT2D eigenvalue weighted by atomic mass is 16.5. The van der Waals surface area contributed by atoms with Crippen molar-refractivity contribution in [3.05, 3.63) is 71.4 Å². The van der Waals surface area contributed by atoms with Crippen molar-refractivity contribution in [3.8, 4) is 11.1 Å². The van der Waals surface area contributed by atoms with E-state index >= 15 is 0 Å². The van der Waals surface area contributed by atoms with Gasteiger partial charge in [-0.1, -0.05) is 48.5 Å². The van der Waals surface area contributed by atoms with E-state index < -0.39 is 30.1 Å². The normalized spacial score (nSPS) is 13.9. The highest BCUT2D eigenvalue weighted by Crippen LogP contribution is 2.44. The summed E-state index contributed by atoms with van der Waals surface area (Å²) in [5.74, 6) is -1.81. The number of hydrogen-bond donors (Lipinski definition) is 3. The minimum Gasteiger partial charge on any atom is -0.480 e. The summed E-state index contributed by atoms with van der Waals surface area (Å²) >= 11 is 0. The molecule has 35 heavy (non-hydrogen) atoms. The number of rotatable bonds is 8. The van der Waals surface area contributed by atoms with Crippen LogP contribution in [0.25, 0.3) is 11.1 Å². The van der Waals surface area contributed by atoms with Gasteiger partial charge in [-0.15, -0.1) is 0 Å². The van der Waals surface area contributed by atoms with Gasteiger partial charge in [0.2, 0.25) is 0 Å². The Balaban J connectivity index is 1.41. The zero-order valence-corrected chi connectivity index (χ0v) is 19.5. The van der Waals surface area contributed by atoms with E-state index in [9.17, 15) is 19.5 Å². The second-order valence-electron chi connectivity index (χ2n) is 8.22. The molecule has 3 N–H and O–H groups in total. The van der Waals surface area contributed by atoms with Gasteiger partial charge in [-0.25, -0.2) is 9.59 Å². The standard InChI is InChI=1S/C25H26N4O6/c1-14(34-3)22(24(31)32)27-23(30)20-12-21(29(2)28-20)26-25(33)35-13-19-17-10-6-4-8-15(17)16-9-5-7-11-18(16)19/h4-12,14,19,22H,13H2,1-3H3,(H,26,33)(H,27,30)(H,31,32)/t14-,22+/m1/s1. The van der Waals surface area contributed by atoms with Crippen LogP contribution in [0.1, 0.15) is 34.5 Å². The van der Waals surface area contributed by atoms with Crippen molar-refractivity contribution in [2.24, 2.45) is 7.05 Å². The number of aromatic nitrogens is 2. The highest BCUT2D eigenvalue weighted by Gasteiger charge is 2.30. The third-order valence-electron chi connectivity index (χ3n) is 6.08. The number of carboxylic acid groups (broad SMARTS) is 1. The zero-order chi connectivity index (χ0) is 25.1. The molecular weight excluding hydrogens is 452 g/mol. The quantitative estimate of drug-likeness (QED) is 0.453. The summed E-state index contributed by atoms with van der Waals surface area (Å²) in [4.78, 5) is 36.5. The molecule has 2 aromatic carbocycles. The molecule has 0 aliphatic heterocycles. The molecule has 2 amide bonds. The van der Waals surface area contributed by atoms with Crippen LogP contribution in [-0.2, 0) is 21.3 Å². The predicted molar refractivity (Wildman–Crippen MR) is 127 cm³/mol. The summed E-state index contributed by atoms with van der Waals surface area (Å²) in [6, 6.07) is 16.1. The van der Waals surface area contributed by atoms with Crippen molar-refractivity contribution in [2.75, 3.05) is 19.0 Å². The number of ether oxygens (including phenoxy) is 2. The fourth-order valence-electron chi connectivity index (χ4n) is 4.17. The van der Waals surface area contributed by atoms with E-state index in [0.717, 1.165) is 22.3 Å². The van der Waals surface area contributed by atoms with Gasteiger partial charge in [0.25, 0.3) is 5.91 Å². The molecule has 2 atom stereocenters. The number of aryl methyl sites for hydroxylation is 1. The van der Waals surface area contributed by atoms with Gasteiger partial charge in [-0.05, 0) is 29.2 Å². The summed E-state index contributed by atoms with van der Waals surface area (Å²) in [6.45, 7) is 1.67. The monoisotopic (exact) mass is 478 g/mol. The Kier molecular flexibility index (Phi) is 6.83. The molecule has 1 aromatic heterocycles. The third kappa shape index (κ3) is 4.87. The number of fused-ring (bicyclic) bond motifs is 3. The fourth-order valence-corrected chi connectivity index (χ4v) is 4.17. The second kappa shape index (κ2) is 9.98. The number of nitrogens with one attached hydrogen (secondary N) is 2. The highest BCUT2D eigenvalue weighted by molar-refractivity contribution is 5.96. The van der Waals surface area contributed by atoms with E-state index in [1.807, 2.05) is 36.4 Å². The molecule has 1 aliphatic carbocycles. The van der Waals surface area contributed by atoms with E-state index in [1.165, 1.54) is 24.8 Å². The lowest BCUT2D eigenvalue weighted by molar-refractivity contribution is -0.142. The zero-order valence-electron chi connectivity index (χ0n) is 19.5. The second-order valence-corrected chi connectivity index (χ2v) is 8.22. The van der Waals surface area contributed by atoms with Crippen LogP contribution in [0, 0.1) is 0 Å². The molecule has 1 heterocycles. The van der Waals surface area contributed by atoms with Crippen molar-refractivity contribution in [1.82, 2.24) is 15.1 Å². The van der Waals surface area contributed by atoms with Crippen LogP contribution in [0.4, 0.5) is 10.6 Å². The van der Waals surface area contributed by atoms with Crippen molar-refractivity contribution in [2.45, 2.75) is 25.0 Å². The molecule has 0 saturated carbocycles. The molecule has 1 aliphatic rings. The maximum absolute atomic E-state index is 12.6. The van der Waals surface area contributed by atoms with Crippen molar-refractivity contribution < 1.29 is 29.0 Å². The average Bonchev–Trinajstić information content (AvgIpc) is 3.38. The molecule has 10 nitrogen and oxygen atoms in total. The summed E-state index contributed by atoms with van der Waals surface area (Å²) in [7, 11) is 2.90. The van der Waals surface area contributed by atoms with Gasteiger partial charge in [0.1, 0.15) is 12.4 Å². The van der Waals surface area contributed by atoms with E-state index in [-0.39, 0.29) is 24.0 Å². The lowest BCUT2D eigenvalue weighted by Gasteiger charge is -2.19. The minimum absolute atomic E-state index is 0.0593. The molecule has 3 aromatic rings. The number of aliphatic carboxylic acids is 1. The smallest absolute Gasteiger partial charge is 0.412 e. The SMILES string of the molecule is CO[C@H](C)[C@H](NC(=O)c1cc(NC(=O)OCC2c3ccccc3-c3ccccc32)n(C)n1)C(=O)O. The molecule has 4 rings (SSSR count). The van der Waals surface area contributed by atoms with Gasteiger partial charge in [0.05, 0.1) is 6.10 Å². The van der Waals surface area contributed by atoms with Gasteiger partial charge in [-0.2, -0.15) is 5.10 Å². The predicted octanol–water partition coefficient (Wildman–Crippen LogP) is 3.00. The molecule has 0 fully saturated rings. The number of methoxy groups -OCH3 is 1. The number of carbonyl (C=O) groups is 3. The molecular formula is C25H26N4O6. The van der Waals surface area contributed by atoms with Gasteiger partial charge in [-0.3, -0.25) is 14.8 Å². The van der Waals surface area contributed by atoms with E-state index in [1.54, 1.807) is 7.05 Å². The largest absolute Gasteiger partial charge is 0.480 e. The number of benzene rings is 2. The molecule has 0 saturated heterocycles. The minimum atomic E-state index is -1.26. The first-order chi connectivity index (χ1) is 16.8. The van der Waals surface area contributed by atoms with Gasteiger partial charge in [0.15, 0.2) is 11.7 Å². The number of carbonyl (C=O) groups excluding carboxylic acids is 2. The summed E-state index contributed by atoms with van der Waals surface area (Å²) < 4.78 is 11.8. The number of hydrogen-bond acceptors (Lipinski definition) is 6. The first-order valence-electron chi connectivity index (χ1n) is 11.0. The maximum atomic E-state index is 12.6. The van der Waals surface area contributed by atoms with Crippen molar-refractivity contribution in [3.63, 3.8) is 0 Å². The van der Waals surface area contributed by atoms with Crippen LogP contribution < -0.4 is 10.6 Å². The molecule has 10 heteroatoms.